The Kier molecular flexibility index (Phi) is 4.21. The van der Waals surface area contributed by atoms with Crippen molar-refractivity contribution < 1.29 is 4.74 Å². The van der Waals surface area contributed by atoms with Crippen LogP contribution in [0.3, 0.4) is 0 Å². The summed E-state index contributed by atoms with van der Waals surface area (Å²) in [7, 11) is 1.61. The van der Waals surface area contributed by atoms with Crippen LogP contribution in [-0.4, -0.2) is 24.5 Å². The summed E-state index contributed by atoms with van der Waals surface area (Å²) < 4.78 is 5.04. The van der Waals surface area contributed by atoms with Crippen LogP contribution in [0.4, 0.5) is 5.82 Å². The van der Waals surface area contributed by atoms with Crippen LogP contribution in [0.25, 0.3) is 0 Å². The Bertz CT molecular complexity index is 315. The van der Waals surface area contributed by atoms with Gasteiger partial charge in [0.1, 0.15) is 5.82 Å². The van der Waals surface area contributed by atoms with E-state index >= 15 is 0 Å². The van der Waals surface area contributed by atoms with Crippen LogP contribution in [0.15, 0.2) is 18.2 Å². The van der Waals surface area contributed by atoms with Gasteiger partial charge < -0.3 is 10.1 Å². The van der Waals surface area contributed by atoms with Gasteiger partial charge in [-0.25, -0.2) is 0 Å². The molecule has 0 aliphatic carbocycles. The third-order valence-electron chi connectivity index (χ3n) is 2.04. The van der Waals surface area contributed by atoms with Crippen LogP contribution in [0.5, 0.6) is 5.88 Å². The number of nitrogens with zero attached hydrogens (tertiary/aromatic N) is 1. The topological polar surface area (TPSA) is 34.1 Å². The fourth-order valence-corrected chi connectivity index (χ4v) is 1.10. The highest BCUT2D eigenvalue weighted by Gasteiger charge is 2.15. The maximum absolute atomic E-state index is 5.83. The number of alkyl halides is 1. The standard InChI is InChI=1S/C11H17ClN2O/c1-11(2,7-12)8-13-9-5-4-6-10(14-9)15-3/h4-6H,7-8H2,1-3H3,(H,13,14). The van der Waals surface area contributed by atoms with Crippen LogP contribution >= 0.6 is 11.6 Å². The highest BCUT2D eigenvalue weighted by Crippen LogP contribution is 2.18. The second-order valence-electron chi connectivity index (χ2n) is 4.22. The van der Waals surface area contributed by atoms with Crippen molar-refractivity contribution >= 4 is 17.4 Å². The first-order valence-corrected chi connectivity index (χ1v) is 5.42. The molecule has 3 nitrogen and oxygen atoms in total. The fraction of sp³-hybridized carbons (Fsp3) is 0.545. The molecule has 0 unspecified atom stereocenters. The average molecular weight is 229 g/mol. The van der Waals surface area contributed by atoms with Crippen LogP contribution < -0.4 is 10.1 Å². The number of pyridine rings is 1. The Hall–Kier alpha value is -0.960. The van der Waals surface area contributed by atoms with E-state index < -0.39 is 0 Å². The van der Waals surface area contributed by atoms with Gasteiger partial charge in [-0.05, 0) is 11.5 Å². The van der Waals surface area contributed by atoms with Gasteiger partial charge in [-0.2, -0.15) is 4.98 Å². The number of rotatable bonds is 5. The summed E-state index contributed by atoms with van der Waals surface area (Å²) in [6, 6.07) is 5.63. The van der Waals surface area contributed by atoms with Crippen molar-refractivity contribution in [1.82, 2.24) is 4.98 Å². The van der Waals surface area contributed by atoms with Crippen molar-refractivity contribution in [3.05, 3.63) is 18.2 Å². The molecular formula is C11H17ClN2O. The second kappa shape index (κ2) is 5.21. The van der Waals surface area contributed by atoms with Crippen molar-refractivity contribution in [2.75, 3.05) is 24.9 Å². The summed E-state index contributed by atoms with van der Waals surface area (Å²) in [6.07, 6.45) is 0. The summed E-state index contributed by atoms with van der Waals surface area (Å²) in [4.78, 5) is 4.25. The Morgan fingerprint density at radius 3 is 2.80 bits per heavy atom. The monoisotopic (exact) mass is 228 g/mol. The largest absolute Gasteiger partial charge is 0.481 e. The first-order valence-electron chi connectivity index (χ1n) is 4.88. The predicted molar refractivity (Wildman–Crippen MR) is 63.8 cm³/mol. The molecule has 1 heterocycles. The minimum Gasteiger partial charge on any atom is -0.481 e. The zero-order valence-corrected chi connectivity index (χ0v) is 10.1. The molecule has 0 aliphatic rings. The summed E-state index contributed by atoms with van der Waals surface area (Å²) in [5, 5.41) is 3.24. The summed E-state index contributed by atoms with van der Waals surface area (Å²) >= 11 is 5.83. The number of hydrogen-bond donors (Lipinski definition) is 1. The Balaban J connectivity index is 2.57. The lowest BCUT2D eigenvalue weighted by Gasteiger charge is -2.21. The summed E-state index contributed by atoms with van der Waals surface area (Å²) in [5.41, 5.74) is 0.0618. The molecule has 4 heteroatoms. The molecule has 1 rings (SSSR count). The second-order valence-corrected chi connectivity index (χ2v) is 4.48. The molecule has 0 fully saturated rings. The lowest BCUT2D eigenvalue weighted by Crippen LogP contribution is -2.25. The van der Waals surface area contributed by atoms with E-state index in [0.29, 0.717) is 11.8 Å². The molecule has 1 aromatic rings. The van der Waals surface area contributed by atoms with Crippen molar-refractivity contribution in [2.45, 2.75) is 13.8 Å². The van der Waals surface area contributed by atoms with Gasteiger partial charge in [0, 0.05) is 18.5 Å². The van der Waals surface area contributed by atoms with Crippen molar-refractivity contribution in [1.29, 1.82) is 0 Å². The molecule has 15 heavy (non-hydrogen) atoms. The molecule has 84 valence electrons. The summed E-state index contributed by atoms with van der Waals surface area (Å²) in [5.74, 6) is 2.04. The highest BCUT2D eigenvalue weighted by molar-refractivity contribution is 6.18. The molecule has 0 saturated carbocycles. The molecular weight excluding hydrogens is 212 g/mol. The third-order valence-corrected chi connectivity index (χ3v) is 2.77. The van der Waals surface area contributed by atoms with E-state index in [2.05, 4.69) is 24.1 Å². The normalized spacial score (nSPS) is 11.2. The lowest BCUT2D eigenvalue weighted by molar-refractivity contribution is 0.397. The molecule has 0 aliphatic heterocycles. The number of nitrogens with one attached hydrogen (secondary N) is 1. The number of halogens is 1. The van der Waals surface area contributed by atoms with Crippen LogP contribution in [0, 0.1) is 5.41 Å². The number of aromatic nitrogens is 1. The van der Waals surface area contributed by atoms with E-state index in [4.69, 9.17) is 16.3 Å². The van der Waals surface area contributed by atoms with Crippen LogP contribution in [0.1, 0.15) is 13.8 Å². The number of anilines is 1. The van der Waals surface area contributed by atoms with E-state index in [1.807, 2.05) is 18.2 Å². The smallest absolute Gasteiger partial charge is 0.214 e. The number of ether oxygens (including phenoxy) is 1. The van der Waals surface area contributed by atoms with Gasteiger partial charge in [0.15, 0.2) is 0 Å². The number of methoxy groups -OCH3 is 1. The van der Waals surface area contributed by atoms with Crippen LogP contribution in [0.2, 0.25) is 0 Å². The molecule has 0 atom stereocenters. The average Bonchev–Trinajstić information content (AvgIpc) is 2.27. The third kappa shape index (κ3) is 3.96. The van der Waals surface area contributed by atoms with Gasteiger partial charge in [-0.15, -0.1) is 11.6 Å². The Labute approximate surface area is 95.8 Å². The van der Waals surface area contributed by atoms with Gasteiger partial charge in [0.05, 0.1) is 7.11 Å². The molecule has 1 N–H and O–H groups in total. The van der Waals surface area contributed by atoms with Crippen LogP contribution in [-0.2, 0) is 0 Å². The minimum atomic E-state index is 0.0618. The molecule has 0 radical (unpaired) electrons. The minimum absolute atomic E-state index is 0.0618. The molecule has 0 saturated heterocycles. The zero-order valence-electron chi connectivity index (χ0n) is 9.38. The van der Waals surface area contributed by atoms with Gasteiger partial charge in [0.2, 0.25) is 5.88 Å². The first kappa shape index (κ1) is 12.1. The van der Waals surface area contributed by atoms with Crippen molar-refractivity contribution in [3.8, 4) is 5.88 Å². The first-order chi connectivity index (χ1) is 7.07. The van der Waals surface area contributed by atoms with Crippen molar-refractivity contribution in [2.24, 2.45) is 5.41 Å². The quantitative estimate of drug-likeness (QED) is 0.787. The van der Waals surface area contributed by atoms with Crippen molar-refractivity contribution in [3.63, 3.8) is 0 Å². The van der Waals surface area contributed by atoms with Gasteiger partial charge in [-0.1, -0.05) is 19.9 Å². The Morgan fingerprint density at radius 1 is 1.47 bits per heavy atom. The Morgan fingerprint density at radius 2 is 2.20 bits per heavy atom. The van der Waals surface area contributed by atoms with Gasteiger partial charge >= 0.3 is 0 Å². The molecule has 1 aromatic heterocycles. The SMILES string of the molecule is COc1cccc(NCC(C)(C)CCl)n1. The van der Waals surface area contributed by atoms with E-state index in [1.165, 1.54) is 0 Å². The molecule has 0 aromatic carbocycles. The maximum Gasteiger partial charge on any atom is 0.214 e. The molecule has 0 spiro atoms. The van der Waals surface area contributed by atoms with E-state index in [0.717, 1.165) is 12.4 Å². The van der Waals surface area contributed by atoms with Gasteiger partial charge in [0.25, 0.3) is 0 Å². The molecule has 0 bridgehead atoms. The maximum atomic E-state index is 5.83. The molecule has 0 amide bonds. The van der Waals surface area contributed by atoms with E-state index in [-0.39, 0.29) is 5.41 Å². The van der Waals surface area contributed by atoms with E-state index in [9.17, 15) is 0 Å². The summed E-state index contributed by atoms with van der Waals surface area (Å²) in [6.45, 7) is 5.00. The zero-order chi connectivity index (χ0) is 11.3. The highest BCUT2D eigenvalue weighted by atomic mass is 35.5. The predicted octanol–water partition coefficient (Wildman–Crippen LogP) is 2.77. The van der Waals surface area contributed by atoms with Gasteiger partial charge in [-0.3, -0.25) is 0 Å². The number of hydrogen-bond acceptors (Lipinski definition) is 3. The van der Waals surface area contributed by atoms with E-state index in [1.54, 1.807) is 7.11 Å². The fourth-order valence-electron chi connectivity index (χ4n) is 1.00. The lowest BCUT2D eigenvalue weighted by atomic mass is 9.97.